The Morgan fingerprint density at radius 3 is 2.54 bits per heavy atom. The van der Waals surface area contributed by atoms with Crippen LogP contribution in [0.25, 0.3) is 0 Å². The summed E-state index contributed by atoms with van der Waals surface area (Å²) in [6.07, 6.45) is 8.34. The van der Waals surface area contributed by atoms with Crippen molar-refractivity contribution in [2.45, 2.75) is 65.3 Å². The Morgan fingerprint density at radius 1 is 1.38 bits per heavy atom. The normalized spacial score (nSPS) is 22.4. The summed E-state index contributed by atoms with van der Waals surface area (Å²) in [5.74, 6) is 0. The number of hydrogen-bond donors (Lipinski definition) is 1. The van der Waals surface area contributed by atoms with E-state index in [-0.39, 0.29) is 0 Å². The van der Waals surface area contributed by atoms with Gasteiger partial charge in [-0.15, -0.1) is 0 Å². The van der Waals surface area contributed by atoms with Crippen molar-refractivity contribution in [2.24, 2.45) is 5.41 Å². The van der Waals surface area contributed by atoms with E-state index < -0.39 is 0 Å². The first kappa shape index (κ1) is 11.0. The van der Waals surface area contributed by atoms with Gasteiger partial charge in [0.2, 0.25) is 0 Å². The smallest absolute Gasteiger partial charge is 0.00389 e. The van der Waals surface area contributed by atoms with Crippen LogP contribution >= 0.6 is 0 Å². The van der Waals surface area contributed by atoms with Gasteiger partial charge in [0, 0.05) is 12.6 Å². The zero-order chi connectivity index (χ0) is 9.73. The molecule has 0 radical (unpaired) electrons. The second-order valence-corrected chi connectivity index (χ2v) is 5.09. The molecule has 0 spiro atoms. The molecular weight excluding hydrogens is 158 g/mol. The SMILES string of the molecule is CCCCC(C)NCC1(C)CCC1. The van der Waals surface area contributed by atoms with Crippen LogP contribution in [0, 0.1) is 5.41 Å². The molecule has 0 amide bonds. The van der Waals surface area contributed by atoms with Crippen molar-refractivity contribution in [3.05, 3.63) is 0 Å². The molecule has 0 aromatic carbocycles. The van der Waals surface area contributed by atoms with Crippen LogP contribution < -0.4 is 5.32 Å². The summed E-state index contributed by atoms with van der Waals surface area (Å²) in [5.41, 5.74) is 0.639. The highest BCUT2D eigenvalue weighted by Gasteiger charge is 2.31. The number of nitrogens with one attached hydrogen (secondary N) is 1. The number of rotatable bonds is 6. The van der Waals surface area contributed by atoms with Crippen molar-refractivity contribution in [3.63, 3.8) is 0 Å². The molecule has 1 heteroatoms. The fraction of sp³-hybridized carbons (Fsp3) is 1.00. The van der Waals surface area contributed by atoms with Crippen LogP contribution in [0.4, 0.5) is 0 Å². The molecule has 1 atom stereocenters. The van der Waals surface area contributed by atoms with Crippen molar-refractivity contribution in [1.29, 1.82) is 0 Å². The lowest BCUT2D eigenvalue weighted by Gasteiger charge is -2.39. The quantitative estimate of drug-likeness (QED) is 0.666. The predicted octanol–water partition coefficient (Wildman–Crippen LogP) is 3.34. The molecule has 1 N–H and O–H groups in total. The molecule has 0 saturated heterocycles. The van der Waals surface area contributed by atoms with Gasteiger partial charge in [0.15, 0.2) is 0 Å². The van der Waals surface area contributed by atoms with Crippen molar-refractivity contribution in [1.82, 2.24) is 5.32 Å². The molecule has 1 aliphatic rings. The van der Waals surface area contributed by atoms with Gasteiger partial charge in [-0.2, -0.15) is 0 Å². The summed E-state index contributed by atoms with van der Waals surface area (Å²) in [5, 5.41) is 3.66. The Labute approximate surface area is 83.3 Å². The first-order chi connectivity index (χ1) is 6.16. The maximum atomic E-state index is 3.66. The maximum Gasteiger partial charge on any atom is 0.00389 e. The Bertz CT molecular complexity index is 138. The lowest BCUT2D eigenvalue weighted by atomic mass is 9.70. The monoisotopic (exact) mass is 183 g/mol. The summed E-state index contributed by atoms with van der Waals surface area (Å²) in [7, 11) is 0. The lowest BCUT2D eigenvalue weighted by molar-refractivity contribution is 0.151. The summed E-state index contributed by atoms with van der Waals surface area (Å²) in [4.78, 5) is 0. The molecule has 0 aromatic heterocycles. The molecule has 1 nitrogen and oxygen atoms in total. The van der Waals surface area contributed by atoms with Crippen LogP contribution in [0.1, 0.15) is 59.3 Å². The fourth-order valence-electron chi connectivity index (χ4n) is 1.99. The van der Waals surface area contributed by atoms with E-state index in [0.29, 0.717) is 5.41 Å². The van der Waals surface area contributed by atoms with Gasteiger partial charge >= 0.3 is 0 Å². The van der Waals surface area contributed by atoms with Crippen molar-refractivity contribution in [2.75, 3.05) is 6.54 Å². The number of unbranched alkanes of at least 4 members (excludes halogenated alkanes) is 1. The third-order valence-electron chi connectivity index (χ3n) is 3.43. The Morgan fingerprint density at radius 2 is 2.08 bits per heavy atom. The molecule has 1 aliphatic carbocycles. The van der Waals surface area contributed by atoms with E-state index in [4.69, 9.17) is 0 Å². The number of hydrogen-bond acceptors (Lipinski definition) is 1. The first-order valence-corrected chi connectivity index (χ1v) is 5.90. The fourth-order valence-corrected chi connectivity index (χ4v) is 1.99. The first-order valence-electron chi connectivity index (χ1n) is 5.90. The summed E-state index contributed by atoms with van der Waals surface area (Å²) in [6.45, 7) is 8.23. The second kappa shape index (κ2) is 4.99. The Balaban J connectivity index is 2.03. The molecule has 0 aliphatic heterocycles. The third-order valence-corrected chi connectivity index (χ3v) is 3.43. The summed E-state index contributed by atoms with van der Waals surface area (Å²) < 4.78 is 0. The average Bonchev–Trinajstić information content (AvgIpc) is 2.08. The van der Waals surface area contributed by atoms with E-state index >= 15 is 0 Å². The maximum absolute atomic E-state index is 3.66. The average molecular weight is 183 g/mol. The van der Waals surface area contributed by atoms with Gasteiger partial charge in [-0.1, -0.05) is 33.1 Å². The molecular formula is C12H25N. The van der Waals surface area contributed by atoms with E-state index in [9.17, 15) is 0 Å². The van der Waals surface area contributed by atoms with E-state index in [1.54, 1.807) is 0 Å². The Kier molecular flexibility index (Phi) is 4.24. The molecule has 1 fully saturated rings. The van der Waals surface area contributed by atoms with Gasteiger partial charge in [-0.3, -0.25) is 0 Å². The molecule has 13 heavy (non-hydrogen) atoms. The summed E-state index contributed by atoms with van der Waals surface area (Å²) >= 11 is 0. The van der Waals surface area contributed by atoms with Crippen LogP contribution in [0.2, 0.25) is 0 Å². The third kappa shape index (κ3) is 3.68. The second-order valence-electron chi connectivity index (χ2n) is 5.09. The largest absolute Gasteiger partial charge is 0.314 e. The summed E-state index contributed by atoms with van der Waals surface area (Å²) in [6, 6.07) is 0.720. The van der Waals surface area contributed by atoms with Crippen LogP contribution in [-0.4, -0.2) is 12.6 Å². The van der Waals surface area contributed by atoms with Crippen molar-refractivity contribution >= 4 is 0 Å². The minimum Gasteiger partial charge on any atom is -0.314 e. The van der Waals surface area contributed by atoms with Crippen LogP contribution in [-0.2, 0) is 0 Å². The van der Waals surface area contributed by atoms with Gasteiger partial charge in [-0.25, -0.2) is 0 Å². The van der Waals surface area contributed by atoms with Crippen LogP contribution in [0.3, 0.4) is 0 Å². The zero-order valence-electron chi connectivity index (χ0n) is 9.53. The minimum absolute atomic E-state index is 0.639. The highest BCUT2D eigenvalue weighted by molar-refractivity contribution is 4.85. The van der Waals surface area contributed by atoms with Gasteiger partial charge in [0.1, 0.15) is 0 Å². The van der Waals surface area contributed by atoms with Crippen LogP contribution in [0.15, 0.2) is 0 Å². The molecule has 0 aromatic rings. The highest BCUT2D eigenvalue weighted by Crippen LogP contribution is 2.39. The standard InChI is InChI=1S/C12H25N/c1-4-5-7-11(2)13-10-12(3)8-6-9-12/h11,13H,4-10H2,1-3H3. The molecule has 0 heterocycles. The van der Waals surface area contributed by atoms with E-state index in [0.717, 1.165) is 6.04 Å². The van der Waals surface area contributed by atoms with Crippen LogP contribution in [0.5, 0.6) is 0 Å². The lowest BCUT2D eigenvalue weighted by Crippen LogP contribution is -2.40. The van der Waals surface area contributed by atoms with E-state index in [1.807, 2.05) is 0 Å². The van der Waals surface area contributed by atoms with Gasteiger partial charge < -0.3 is 5.32 Å². The van der Waals surface area contributed by atoms with Crippen molar-refractivity contribution < 1.29 is 0 Å². The topological polar surface area (TPSA) is 12.0 Å². The van der Waals surface area contributed by atoms with Crippen molar-refractivity contribution in [3.8, 4) is 0 Å². The molecule has 1 rings (SSSR count). The van der Waals surface area contributed by atoms with Gasteiger partial charge in [0.25, 0.3) is 0 Å². The minimum atomic E-state index is 0.639. The molecule has 0 bridgehead atoms. The van der Waals surface area contributed by atoms with E-state index in [2.05, 4.69) is 26.1 Å². The Hall–Kier alpha value is -0.0400. The molecule has 78 valence electrons. The predicted molar refractivity (Wildman–Crippen MR) is 58.9 cm³/mol. The van der Waals surface area contributed by atoms with Gasteiger partial charge in [-0.05, 0) is 31.6 Å². The van der Waals surface area contributed by atoms with Gasteiger partial charge in [0.05, 0.1) is 0 Å². The molecule has 1 unspecified atom stereocenters. The van der Waals surface area contributed by atoms with E-state index in [1.165, 1.54) is 45.1 Å². The molecule has 1 saturated carbocycles. The highest BCUT2D eigenvalue weighted by atomic mass is 14.9. The zero-order valence-corrected chi connectivity index (χ0v) is 9.53.